The van der Waals surface area contributed by atoms with Crippen LogP contribution in [-0.4, -0.2) is 28.7 Å². The Labute approximate surface area is 240 Å². The van der Waals surface area contributed by atoms with Crippen molar-refractivity contribution in [3.8, 4) is 11.3 Å². The topological polar surface area (TPSA) is 85.4 Å². The number of esters is 1. The van der Waals surface area contributed by atoms with Crippen molar-refractivity contribution in [2.45, 2.75) is 64.5 Å². The van der Waals surface area contributed by atoms with E-state index in [1.165, 1.54) is 18.3 Å². The third-order valence-electron chi connectivity index (χ3n) is 8.71. The van der Waals surface area contributed by atoms with Gasteiger partial charge in [0.05, 0.1) is 17.2 Å². The third kappa shape index (κ3) is 7.26. The van der Waals surface area contributed by atoms with Crippen LogP contribution in [0.1, 0.15) is 67.8 Å². The fraction of sp³-hybridized carbons (Fsp3) is 0.412. The van der Waals surface area contributed by atoms with Gasteiger partial charge in [0, 0.05) is 29.6 Å². The number of hydrogen-bond acceptors (Lipinski definition) is 5. The molecule has 3 atom stereocenters. The number of rotatable bonds is 8. The summed E-state index contributed by atoms with van der Waals surface area (Å²) in [6.07, 6.45) is 6.67. The lowest BCUT2D eigenvalue weighted by Gasteiger charge is -2.35. The van der Waals surface area contributed by atoms with Gasteiger partial charge in [-0.25, -0.2) is 4.39 Å². The standard InChI is InChI=1S/C34H37FN2O4/c1-22-18-26(12-16-30(22)34(40)41-21-23-6-3-2-4-7-23)32(38)24-10-14-29(15-11-24)37-33(39)27-13-17-31(36-20-27)25-8-5-9-28(35)19-25/h2-9,13,17,19-20,22,24,26,29-30H,10-12,14-16,18,21H2,1H3,(H,37,39)/t22-,24?,26?,29?,30?/m1/s1. The number of nitrogens with one attached hydrogen (secondary N) is 1. The van der Waals surface area contributed by atoms with Crippen LogP contribution in [0, 0.1) is 29.5 Å². The minimum absolute atomic E-state index is 0.00847. The zero-order valence-corrected chi connectivity index (χ0v) is 23.4. The number of hydrogen-bond donors (Lipinski definition) is 1. The molecule has 2 saturated carbocycles. The van der Waals surface area contributed by atoms with Gasteiger partial charge in [0.15, 0.2) is 0 Å². The van der Waals surface area contributed by atoms with E-state index in [2.05, 4.69) is 17.2 Å². The van der Waals surface area contributed by atoms with Crippen LogP contribution >= 0.6 is 0 Å². The first-order valence-corrected chi connectivity index (χ1v) is 14.6. The third-order valence-corrected chi connectivity index (χ3v) is 8.71. The van der Waals surface area contributed by atoms with E-state index in [1.54, 1.807) is 24.3 Å². The van der Waals surface area contributed by atoms with Crippen LogP contribution in [0.2, 0.25) is 0 Å². The van der Waals surface area contributed by atoms with E-state index in [1.807, 2.05) is 30.3 Å². The van der Waals surface area contributed by atoms with Crippen LogP contribution in [0.25, 0.3) is 11.3 Å². The normalized spacial score (nSPS) is 24.3. The van der Waals surface area contributed by atoms with Crippen molar-refractivity contribution in [3.05, 3.63) is 89.9 Å². The van der Waals surface area contributed by atoms with Crippen molar-refractivity contribution in [2.75, 3.05) is 0 Å². The van der Waals surface area contributed by atoms with Crippen molar-refractivity contribution in [1.29, 1.82) is 0 Å². The van der Waals surface area contributed by atoms with Crippen molar-refractivity contribution >= 4 is 17.7 Å². The summed E-state index contributed by atoms with van der Waals surface area (Å²) >= 11 is 0. The number of aromatic nitrogens is 1. The van der Waals surface area contributed by atoms with Crippen molar-refractivity contribution in [1.82, 2.24) is 10.3 Å². The summed E-state index contributed by atoms with van der Waals surface area (Å²) in [6.45, 7) is 2.33. The Balaban J connectivity index is 1.06. The molecule has 41 heavy (non-hydrogen) atoms. The lowest BCUT2D eigenvalue weighted by Crippen LogP contribution is -2.40. The molecule has 2 unspecified atom stereocenters. The summed E-state index contributed by atoms with van der Waals surface area (Å²) in [5.41, 5.74) is 2.69. The number of halogens is 1. The Hall–Kier alpha value is -3.87. The molecule has 1 N–H and O–H groups in total. The van der Waals surface area contributed by atoms with Gasteiger partial charge >= 0.3 is 5.97 Å². The molecule has 5 rings (SSSR count). The molecule has 0 bridgehead atoms. The molecule has 214 valence electrons. The van der Waals surface area contributed by atoms with E-state index in [0.29, 0.717) is 29.0 Å². The number of ether oxygens (including phenoxy) is 1. The Kier molecular flexibility index (Phi) is 9.22. The monoisotopic (exact) mass is 556 g/mol. The molecule has 2 aliphatic carbocycles. The summed E-state index contributed by atoms with van der Waals surface area (Å²) in [7, 11) is 0. The lowest BCUT2D eigenvalue weighted by molar-refractivity contribution is -0.154. The second kappa shape index (κ2) is 13.2. The molecule has 1 aromatic heterocycles. The molecule has 0 radical (unpaired) electrons. The van der Waals surface area contributed by atoms with E-state index < -0.39 is 0 Å². The Morgan fingerprint density at radius 1 is 0.902 bits per heavy atom. The number of benzene rings is 2. The molecule has 0 saturated heterocycles. The minimum atomic E-state index is -0.332. The van der Waals surface area contributed by atoms with Crippen LogP contribution in [0.15, 0.2) is 72.9 Å². The van der Waals surface area contributed by atoms with Gasteiger partial charge in [0.1, 0.15) is 18.2 Å². The Morgan fingerprint density at radius 2 is 1.66 bits per heavy atom. The smallest absolute Gasteiger partial charge is 0.309 e. The van der Waals surface area contributed by atoms with Gasteiger partial charge in [-0.15, -0.1) is 0 Å². The Bertz CT molecular complexity index is 1350. The largest absolute Gasteiger partial charge is 0.461 e. The van der Waals surface area contributed by atoms with Gasteiger partial charge in [0.2, 0.25) is 0 Å². The van der Waals surface area contributed by atoms with Crippen LogP contribution in [0.4, 0.5) is 4.39 Å². The number of carbonyl (C=O) groups is 3. The van der Waals surface area contributed by atoms with Gasteiger partial charge in [0.25, 0.3) is 5.91 Å². The summed E-state index contributed by atoms with van der Waals surface area (Å²) in [5, 5.41) is 3.09. The quantitative estimate of drug-likeness (QED) is 0.319. The highest BCUT2D eigenvalue weighted by molar-refractivity contribution is 5.94. The number of Topliss-reactive ketones (excluding diaryl/α,β-unsaturated/α-hetero) is 1. The van der Waals surface area contributed by atoms with Gasteiger partial charge in [-0.1, -0.05) is 49.4 Å². The van der Waals surface area contributed by atoms with E-state index in [4.69, 9.17) is 4.74 Å². The Morgan fingerprint density at radius 3 is 2.34 bits per heavy atom. The van der Waals surface area contributed by atoms with Gasteiger partial charge in [-0.2, -0.15) is 0 Å². The average Bonchev–Trinajstić information content (AvgIpc) is 3.00. The zero-order chi connectivity index (χ0) is 28.8. The number of carbonyl (C=O) groups excluding carboxylic acids is 3. The minimum Gasteiger partial charge on any atom is -0.461 e. The second-order valence-electron chi connectivity index (χ2n) is 11.6. The number of amides is 1. The number of ketones is 1. The first kappa shape index (κ1) is 28.7. The van der Waals surface area contributed by atoms with Crippen LogP contribution in [-0.2, 0) is 20.9 Å². The SMILES string of the molecule is C[C@@H]1CC(C(=O)C2CCC(NC(=O)c3ccc(-c4cccc(F)c4)nc3)CC2)CCC1C(=O)OCc1ccccc1. The maximum atomic E-state index is 13.5. The first-order valence-electron chi connectivity index (χ1n) is 14.6. The van der Waals surface area contributed by atoms with E-state index in [-0.39, 0.29) is 54.0 Å². The summed E-state index contributed by atoms with van der Waals surface area (Å²) < 4.78 is 19.1. The molecule has 7 heteroatoms. The van der Waals surface area contributed by atoms with Gasteiger partial charge in [-0.05, 0) is 80.7 Å². The fourth-order valence-corrected chi connectivity index (χ4v) is 6.31. The summed E-state index contributed by atoms with van der Waals surface area (Å²) in [5.74, 6) is -0.428. The van der Waals surface area contributed by atoms with Crippen molar-refractivity contribution in [2.24, 2.45) is 23.7 Å². The molecule has 6 nitrogen and oxygen atoms in total. The van der Waals surface area contributed by atoms with Crippen molar-refractivity contribution < 1.29 is 23.5 Å². The number of pyridine rings is 1. The highest BCUT2D eigenvalue weighted by Crippen LogP contribution is 2.38. The summed E-state index contributed by atoms with van der Waals surface area (Å²) in [6, 6.07) is 19.3. The molecule has 2 aromatic carbocycles. The molecule has 1 amide bonds. The van der Waals surface area contributed by atoms with Crippen molar-refractivity contribution in [3.63, 3.8) is 0 Å². The molecular formula is C34H37FN2O4. The maximum Gasteiger partial charge on any atom is 0.309 e. The predicted molar refractivity (Wildman–Crippen MR) is 154 cm³/mol. The van der Waals surface area contributed by atoms with Crippen LogP contribution in [0.3, 0.4) is 0 Å². The van der Waals surface area contributed by atoms with Gasteiger partial charge < -0.3 is 10.1 Å². The van der Waals surface area contributed by atoms with E-state index >= 15 is 0 Å². The molecule has 3 aromatic rings. The fourth-order valence-electron chi connectivity index (χ4n) is 6.31. The molecular weight excluding hydrogens is 519 g/mol. The maximum absolute atomic E-state index is 13.5. The molecule has 1 heterocycles. The molecule has 2 aliphatic rings. The predicted octanol–water partition coefficient (Wildman–Crippen LogP) is 6.54. The molecule has 0 aliphatic heterocycles. The molecule has 2 fully saturated rings. The zero-order valence-electron chi connectivity index (χ0n) is 23.4. The highest BCUT2D eigenvalue weighted by Gasteiger charge is 2.39. The van der Waals surface area contributed by atoms with Crippen LogP contribution in [0.5, 0.6) is 0 Å². The van der Waals surface area contributed by atoms with E-state index in [9.17, 15) is 18.8 Å². The summed E-state index contributed by atoms with van der Waals surface area (Å²) in [4.78, 5) is 43.2. The molecule has 0 spiro atoms. The van der Waals surface area contributed by atoms with E-state index in [0.717, 1.165) is 44.1 Å². The number of nitrogens with zero attached hydrogens (tertiary/aromatic N) is 1. The highest BCUT2D eigenvalue weighted by atomic mass is 19.1. The van der Waals surface area contributed by atoms with Gasteiger partial charge in [-0.3, -0.25) is 19.4 Å². The lowest BCUT2D eigenvalue weighted by atomic mass is 9.69. The average molecular weight is 557 g/mol. The second-order valence-corrected chi connectivity index (χ2v) is 11.6. The first-order chi connectivity index (χ1) is 19.9. The van der Waals surface area contributed by atoms with Crippen LogP contribution < -0.4 is 5.32 Å².